The summed E-state index contributed by atoms with van der Waals surface area (Å²) in [5, 5.41) is 18.4. The predicted molar refractivity (Wildman–Crippen MR) is 108 cm³/mol. The quantitative estimate of drug-likeness (QED) is 0.470. The standard InChI is InChI=1S/C21H21N3O5/c25-9-8-24-19(12-15-4-2-1-3-5-15)20(27)23-18(21(24)28)13-16-6-7-17(14-22-16)29-11-10-26/h1-7,12-14,25-26H,8-11H2,(H,23,27). The lowest BCUT2D eigenvalue weighted by molar-refractivity contribution is 0.201. The third kappa shape index (κ3) is 5.07. The van der Waals surface area contributed by atoms with E-state index in [2.05, 4.69) is 9.97 Å². The van der Waals surface area contributed by atoms with Crippen LogP contribution in [-0.2, 0) is 6.54 Å². The number of rotatable bonds is 7. The summed E-state index contributed by atoms with van der Waals surface area (Å²) in [6.07, 6.45) is 4.52. The number of H-pyrrole nitrogens is 1. The second kappa shape index (κ2) is 9.63. The number of hydrogen-bond donors (Lipinski definition) is 3. The van der Waals surface area contributed by atoms with Gasteiger partial charge in [-0.2, -0.15) is 0 Å². The Bertz CT molecular complexity index is 1180. The van der Waals surface area contributed by atoms with Crippen LogP contribution in [0, 0.1) is 0 Å². The van der Waals surface area contributed by atoms with Crippen LogP contribution in [0.1, 0.15) is 11.3 Å². The van der Waals surface area contributed by atoms with Gasteiger partial charge in [-0.3, -0.25) is 19.1 Å². The van der Waals surface area contributed by atoms with Crippen LogP contribution in [0.5, 0.6) is 5.75 Å². The van der Waals surface area contributed by atoms with Crippen molar-refractivity contribution in [2.45, 2.75) is 6.54 Å². The lowest BCUT2D eigenvalue weighted by Crippen LogP contribution is -2.53. The minimum atomic E-state index is -0.448. The van der Waals surface area contributed by atoms with Crippen molar-refractivity contribution in [2.24, 2.45) is 0 Å². The van der Waals surface area contributed by atoms with E-state index in [0.717, 1.165) is 5.56 Å². The summed E-state index contributed by atoms with van der Waals surface area (Å²) < 4.78 is 6.49. The SMILES string of the molecule is O=c1[nH]c(=Cc2ccc(OCCO)cn2)c(=O)n(CCO)c1=Cc1ccccc1. The average molecular weight is 395 g/mol. The number of aliphatic hydroxyl groups is 2. The van der Waals surface area contributed by atoms with Crippen LogP contribution < -0.4 is 26.6 Å². The molecule has 0 atom stereocenters. The molecule has 0 bridgehead atoms. The number of benzene rings is 1. The molecule has 3 N–H and O–H groups in total. The van der Waals surface area contributed by atoms with Gasteiger partial charge in [-0.15, -0.1) is 0 Å². The Hall–Kier alpha value is -3.49. The summed E-state index contributed by atoms with van der Waals surface area (Å²) in [6.45, 7) is -0.244. The highest BCUT2D eigenvalue weighted by Gasteiger charge is 2.05. The van der Waals surface area contributed by atoms with Gasteiger partial charge in [0.15, 0.2) is 0 Å². The van der Waals surface area contributed by atoms with E-state index in [1.807, 2.05) is 30.3 Å². The Morgan fingerprint density at radius 3 is 2.48 bits per heavy atom. The van der Waals surface area contributed by atoms with E-state index in [-0.39, 0.29) is 37.1 Å². The second-order valence-corrected chi connectivity index (χ2v) is 6.12. The molecular weight excluding hydrogens is 374 g/mol. The average Bonchev–Trinajstić information content (AvgIpc) is 2.74. The van der Waals surface area contributed by atoms with Crippen LogP contribution >= 0.6 is 0 Å². The van der Waals surface area contributed by atoms with Crippen molar-refractivity contribution in [3.63, 3.8) is 0 Å². The Labute approximate surface area is 165 Å². The molecular formula is C21H21N3O5. The third-order valence-electron chi connectivity index (χ3n) is 4.09. The maximum absolute atomic E-state index is 12.9. The number of pyridine rings is 1. The second-order valence-electron chi connectivity index (χ2n) is 6.12. The summed E-state index contributed by atoms with van der Waals surface area (Å²) >= 11 is 0. The molecule has 0 unspecified atom stereocenters. The molecule has 8 nitrogen and oxygen atoms in total. The molecule has 0 aliphatic rings. The molecule has 0 aliphatic heterocycles. The van der Waals surface area contributed by atoms with E-state index < -0.39 is 11.1 Å². The number of nitrogens with one attached hydrogen (secondary N) is 1. The van der Waals surface area contributed by atoms with Gasteiger partial charge >= 0.3 is 0 Å². The molecule has 0 saturated heterocycles. The Morgan fingerprint density at radius 1 is 1.03 bits per heavy atom. The van der Waals surface area contributed by atoms with E-state index in [9.17, 15) is 14.7 Å². The first-order valence-corrected chi connectivity index (χ1v) is 9.04. The largest absolute Gasteiger partial charge is 0.490 e. The molecule has 8 heteroatoms. The molecule has 0 amide bonds. The third-order valence-corrected chi connectivity index (χ3v) is 4.09. The van der Waals surface area contributed by atoms with Gasteiger partial charge in [0.25, 0.3) is 11.1 Å². The normalized spacial score (nSPS) is 12.3. The van der Waals surface area contributed by atoms with E-state index >= 15 is 0 Å². The highest BCUT2D eigenvalue weighted by molar-refractivity contribution is 5.48. The first-order valence-electron chi connectivity index (χ1n) is 9.04. The highest BCUT2D eigenvalue weighted by atomic mass is 16.5. The molecule has 3 aromatic rings. The minimum Gasteiger partial charge on any atom is -0.490 e. The summed E-state index contributed by atoms with van der Waals surface area (Å²) in [4.78, 5) is 32.3. The van der Waals surface area contributed by atoms with Gasteiger partial charge in [0.1, 0.15) is 23.1 Å². The van der Waals surface area contributed by atoms with E-state index in [0.29, 0.717) is 11.4 Å². The fourth-order valence-corrected chi connectivity index (χ4v) is 2.76. The zero-order chi connectivity index (χ0) is 20.6. The van der Waals surface area contributed by atoms with Gasteiger partial charge < -0.3 is 19.9 Å². The van der Waals surface area contributed by atoms with Gasteiger partial charge in [-0.1, -0.05) is 30.3 Å². The number of aromatic nitrogens is 3. The molecule has 150 valence electrons. The highest BCUT2D eigenvalue weighted by Crippen LogP contribution is 2.08. The van der Waals surface area contributed by atoms with Crippen LogP contribution in [-0.4, -0.2) is 44.6 Å². The van der Waals surface area contributed by atoms with Crippen molar-refractivity contribution >= 4 is 12.2 Å². The van der Waals surface area contributed by atoms with Crippen LogP contribution in [0.3, 0.4) is 0 Å². The molecule has 0 aliphatic carbocycles. The summed E-state index contributed by atoms with van der Waals surface area (Å²) in [7, 11) is 0. The van der Waals surface area contributed by atoms with Crippen LogP contribution in [0.15, 0.2) is 58.3 Å². The molecule has 2 aromatic heterocycles. The van der Waals surface area contributed by atoms with Crippen LogP contribution in [0.4, 0.5) is 0 Å². The first-order chi connectivity index (χ1) is 14.1. The molecule has 2 heterocycles. The topological polar surface area (TPSA) is 117 Å². The van der Waals surface area contributed by atoms with Crippen molar-refractivity contribution in [1.82, 2.24) is 14.5 Å². The number of nitrogens with zero attached hydrogens (tertiary/aromatic N) is 2. The van der Waals surface area contributed by atoms with E-state index in [1.54, 1.807) is 18.2 Å². The molecule has 29 heavy (non-hydrogen) atoms. The van der Waals surface area contributed by atoms with Crippen molar-refractivity contribution < 1.29 is 14.9 Å². The van der Waals surface area contributed by atoms with Crippen LogP contribution in [0.2, 0.25) is 0 Å². The Kier molecular flexibility index (Phi) is 6.72. The van der Waals surface area contributed by atoms with Gasteiger partial charge in [-0.25, -0.2) is 0 Å². The number of ether oxygens (including phenoxy) is 1. The predicted octanol–water partition coefficient (Wildman–Crippen LogP) is -1.05. The summed E-state index contributed by atoms with van der Waals surface area (Å²) in [5.74, 6) is 0.482. The number of aliphatic hydroxyl groups excluding tert-OH is 2. The molecule has 0 radical (unpaired) electrons. The maximum Gasteiger partial charge on any atom is 0.275 e. The molecule has 3 rings (SSSR count). The van der Waals surface area contributed by atoms with Gasteiger partial charge in [-0.05, 0) is 29.8 Å². The van der Waals surface area contributed by atoms with Crippen molar-refractivity contribution in [1.29, 1.82) is 0 Å². The van der Waals surface area contributed by atoms with Crippen LogP contribution in [0.25, 0.3) is 12.2 Å². The van der Waals surface area contributed by atoms with Gasteiger partial charge in [0.2, 0.25) is 0 Å². The fourth-order valence-electron chi connectivity index (χ4n) is 2.76. The first kappa shape index (κ1) is 20.2. The Balaban J connectivity index is 2.10. The van der Waals surface area contributed by atoms with Crippen molar-refractivity contribution in [3.05, 3.63) is 91.3 Å². The number of hydrogen-bond acceptors (Lipinski definition) is 6. The molecule has 0 fully saturated rings. The van der Waals surface area contributed by atoms with Gasteiger partial charge in [0.05, 0.1) is 25.1 Å². The van der Waals surface area contributed by atoms with Gasteiger partial charge in [0, 0.05) is 6.54 Å². The molecule has 1 aromatic carbocycles. The maximum atomic E-state index is 12.9. The van der Waals surface area contributed by atoms with Crippen molar-refractivity contribution in [2.75, 3.05) is 19.8 Å². The smallest absolute Gasteiger partial charge is 0.275 e. The molecule has 0 spiro atoms. The Morgan fingerprint density at radius 2 is 1.83 bits per heavy atom. The fraction of sp³-hybridized carbons (Fsp3) is 0.190. The summed E-state index contributed by atoms with van der Waals surface area (Å²) in [5.41, 5.74) is 0.324. The number of aromatic amines is 1. The lowest BCUT2D eigenvalue weighted by atomic mass is 10.2. The minimum absolute atomic E-state index is 0.0103. The van der Waals surface area contributed by atoms with E-state index in [1.165, 1.54) is 16.8 Å². The lowest BCUT2D eigenvalue weighted by Gasteiger charge is -2.05. The monoisotopic (exact) mass is 395 g/mol. The molecule has 0 saturated carbocycles. The van der Waals surface area contributed by atoms with Crippen molar-refractivity contribution in [3.8, 4) is 5.75 Å². The van der Waals surface area contributed by atoms with E-state index in [4.69, 9.17) is 9.84 Å². The zero-order valence-corrected chi connectivity index (χ0v) is 15.6. The zero-order valence-electron chi connectivity index (χ0n) is 15.6. The summed E-state index contributed by atoms with van der Waals surface area (Å²) in [6, 6.07) is 12.4.